The maximum Gasteiger partial charge on any atom is 0.137 e. The molecule has 0 fully saturated rings. The maximum absolute atomic E-state index is 13.3. The average molecular weight is 301 g/mol. The minimum absolute atomic E-state index is 0.357. The van der Waals surface area contributed by atoms with Crippen LogP contribution >= 0.6 is 27.3 Å². The molecule has 4 heteroatoms. The predicted molar refractivity (Wildman–Crippen MR) is 67.2 cm³/mol. The molecule has 1 aromatic heterocycles. The summed E-state index contributed by atoms with van der Waals surface area (Å²) in [6.07, 6.45) is -0.749. The summed E-state index contributed by atoms with van der Waals surface area (Å²) in [5.74, 6) is -0.357. The van der Waals surface area contributed by atoms with Gasteiger partial charge in [0.2, 0.25) is 0 Å². The lowest BCUT2D eigenvalue weighted by atomic mass is 10.1. The van der Waals surface area contributed by atoms with Crippen LogP contribution in [0.25, 0.3) is 0 Å². The molecule has 0 aliphatic heterocycles. The van der Waals surface area contributed by atoms with Crippen molar-refractivity contribution < 1.29 is 9.50 Å². The van der Waals surface area contributed by atoms with E-state index in [2.05, 4.69) is 15.9 Å². The van der Waals surface area contributed by atoms with Crippen molar-refractivity contribution in [3.63, 3.8) is 0 Å². The summed E-state index contributed by atoms with van der Waals surface area (Å²) in [7, 11) is 0. The van der Waals surface area contributed by atoms with Crippen molar-refractivity contribution in [2.45, 2.75) is 13.0 Å². The zero-order chi connectivity index (χ0) is 11.7. The normalized spacial score (nSPS) is 12.8. The fraction of sp³-hybridized carbons (Fsp3) is 0.167. The molecule has 0 amide bonds. The van der Waals surface area contributed by atoms with Crippen LogP contribution < -0.4 is 0 Å². The van der Waals surface area contributed by atoms with Crippen LogP contribution in [-0.2, 0) is 0 Å². The molecule has 1 N–H and O–H groups in total. The third kappa shape index (κ3) is 2.34. The van der Waals surface area contributed by atoms with E-state index >= 15 is 0 Å². The summed E-state index contributed by atoms with van der Waals surface area (Å²) < 4.78 is 13.7. The first kappa shape index (κ1) is 11.8. The van der Waals surface area contributed by atoms with Crippen LogP contribution in [0.15, 0.2) is 34.8 Å². The molecule has 1 unspecified atom stereocenters. The fourth-order valence-corrected chi connectivity index (χ4v) is 2.59. The summed E-state index contributed by atoms with van der Waals surface area (Å²) in [6.45, 7) is 1.98. The Hall–Kier alpha value is -0.710. The van der Waals surface area contributed by atoms with E-state index in [1.54, 1.807) is 12.1 Å². The van der Waals surface area contributed by atoms with Gasteiger partial charge in [-0.1, -0.05) is 6.07 Å². The van der Waals surface area contributed by atoms with Crippen molar-refractivity contribution >= 4 is 27.3 Å². The highest BCUT2D eigenvalue weighted by molar-refractivity contribution is 9.10. The van der Waals surface area contributed by atoms with E-state index in [1.807, 2.05) is 19.1 Å². The minimum atomic E-state index is -0.749. The number of aliphatic hydroxyl groups is 1. The second-order valence-electron chi connectivity index (χ2n) is 3.52. The number of hydrogen-bond acceptors (Lipinski definition) is 2. The van der Waals surface area contributed by atoms with Gasteiger partial charge in [0.1, 0.15) is 11.9 Å². The number of rotatable bonds is 2. The van der Waals surface area contributed by atoms with Gasteiger partial charge in [0.25, 0.3) is 0 Å². The SMILES string of the molecule is Cc1ccc(C(O)c2ccc(Br)c(F)c2)s1. The zero-order valence-corrected chi connectivity index (χ0v) is 11.0. The van der Waals surface area contributed by atoms with Crippen molar-refractivity contribution in [2.75, 3.05) is 0 Å². The molecule has 0 bridgehead atoms. The molecule has 0 spiro atoms. The number of thiophene rings is 1. The number of halogens is 2. The van der Waals surface area contributed by atoms with E-state index in [0.717, 1.165) is 9.75 Å². The van der Waals surface area contributed by atoms with Gasteiger partial charge in [-0.05, 0) is 52.7 Å². The molecule has 1 heterocycles. The molecular weight excluding hydrogens is 291 g/mol. The number of benzene rings is 1. The Morgan fingerprint density at radius 2 is 2.06 bits per heavy atom. The molecule has 1 nitrogen and oxygen atoms in total. The molecule has 0 aliphatic rings. The zero-order valence-electron chi connectivity index (χ0n) is 8.58. The Bertz CT molecular complexity index is 509. The van der Waals surface area contributed by atoms with Gasteiger partial charge in [-0.25, -0.2) is 4.39 Å². The summed E-state index contributed by atoms with van der Waals surface area (Å²) in [5.41, 5.74) is 0.572. The Morgan fingerprint density at radius 1 is 1.31 bits per heavy atom. The third-order valence-electron chi connectivity index (χ3n) is 2.29. The van der Waals surface area contributed by atoms with Gasteiger partial charge in [-0.2, -0.15) is 0 Å². The fourth-order valence-electron chi connectivity index (χ4n) is 1.45. The minimum Gasteiger partial charge on any atom is -0.383 e. The van der Waals surface area contributed by atoms with E-state index in [9.17, 15) is 9.50 Å². The Kier molecular flexibility index (Phi) is 3.42. The van der Waals surface area contributed by atoms with E-state index < -0.39 is 6.10 Å². The van der Waals surface area contributed by atoms with Crippen LogP contribution in [0.3, 0.4) is 0 Å². The highest BCUT2D eigenvalue weighted by Crippen LogP contribution is 2.29. The monoisotopic (exact) mass is 300 g/mol. The number of aryl methyl sites for hydroxylation is 1. The van der Waals surface area contributed by atoms with Crippen molar-refractivity contribution in [3.8, 4) is 0 Å². The maximum atomic E-state index is 13.3. The Morgan fingerprint density at radius 3 is 2.62 bits per heavy atom. The molecule has 0 saturated heterocycles. The van der Waals surface area contributed by atoms with Crippen molar-refractivity contribution in [1.82, 2.24) is 0 Å². The van der Waals surface area contributed by atoms with Crippen LogP contribution in [0.5, 0.6) is 0 Å². The van der Waals surface area contributed by atoms with Crippen LogP contribution in [-0.4, -0.2) is 5.11 Å². The first-order valence-corrected chi connectivity index (χ1v) is 6.38. The third-order valence-corrected chi connectivity index (χ3v) is 3.99. The van der Waals surface area contributed by atoms with Crippen LogP contribution in [0.4, 0.5) is 4.39 Å². The summed E-state index contributed by atoms with van der Waals surface area (Å²) >= 11 is 4.60. The van der Waals surface area contributed by atoms with E-state index in [1.165, 1.54) is 17.4 Å². The standard InChI is InChI=1S/C12H10BrFOS/c1-7-2-5-11(16-7)12(15)8-3-4-9(13)10(14)6-8/h2-6,12,15H,1H3. The quantitative estimate of drug-likeness (QED) is 0.887. The van der Waals surface area contributed by atoms with Gasteiger partial charge in [0, 0.05) is 9.75 Å². The summed E-state index contributed by atoms with van der Waals surface area (Å²) in [6, 6.07) is 8.48. The highest BCUT2D eigenvalue weighted by atomic mass is 79.9. The van der Waals surface area contributed by atoms with Gasteiger partial charge in [-0.3, -0.25) is 0 Å². The molecule has 0 radical (unpaired) electrons. The van der Waals surface area contributed by atoms with Gasteiger partial charge >= 0.3 is 0 Å². The molecular formula is C12H10BrFOS. The first-order valence-electron chi connectivity index (χ1n) is 4.77. The number of hydrogen-bond donors (Lipinski definition) is 1. The molecule has 1 atom stereocenters. The molecule has 16 heavy (non-hydrogen) atoms. The van der Waals surface area contributed by atoms with Crippen molar-refractivity contribution in [3.05, 3.63) is 55.9 Å². The predicted octanol–water partition coefficient (Wildman–Crippen LogP) is 4.04. The van der Waals surface area contributed by atoms with Gasteiger partial charge < -0.3 is 5.11 Å². The van der Waals surface area contributed by atoms with Crippen LogP contribution in [0.2, 0.25) is 0 Å². The van der Waals surface area contributed by atoms with Crippen molar-refractivity contribution in [1.29, 1.82) is 0 Å². The molecule has 2 rings (SSSR count). The van der Waals surface area contributed by atoms with Gasteiger partial charge in [0.15, 0.2) is 0 Å². The highest BCUT2D eigenvalue weighted by Gasteiger charge is 2.13. The van der Waals surface area contributed by atoms with Crippen LogP contribution in [0, 0.1) is 12.7 Å². The van der Waals surface area contributed by atoms with Gasteiger partial charge in [-0.15, -0.1) is 11.3 Å². The van der Waals surface area contributed by atoms with Gasteiger partial charge in [0.05, 0.1) is 4.47 Å². The largest absolute Gasteiger partial charge is 0.383 e. The molecule has 1 aromatic carbocycles. The molecule has 0 saturated carbocycles. The van der Waals surface area contributed by atoms with E-state index in [4.69, 9.17) is 0 Å². The topological polar surface area (TPSA) is 20.2 Å². The average Bonchev–Trinajstić information content (AvgIpc) is 2.68. The lowest BCUT2D eigenvalue weighted by molar-refractivity contribution is 0.223. The molecule has 0 aliphatic carbocycles. The first-order chi connectivity index (χ1) is 7.58. The lowest BCUT2D eigenvalue weighted by Gasteiger charge is -2.09. The number of aliphatic hydroxyl groups excluding tert-OH is 1. The van der Waals surface area contributed by atoms with E-state index in [0.29, 0.717) is 10.0 Å². The second-order valence-corrected chi connectivity index (χ2v) is 5.70. The van der Waals surface area contributed by atoms with Crippen molar-refractivity contribution in [2.24, 2.45) is 0 Å². The molecule has 2 aromatic rings. The van der Waals surface area contributed by atoms with E-state index in [-0.39, 0.29) is 5.82 Å². The van der Waals surface area contributed by atoms with Crippen LogP contribution in [0.1, 0.15) is 21.4 Å². The summed E-state index contributed by atoms with van der Waals surface area (Å²) in [4.78, 5) is 1.96. The lowest BCUT2D eigenvalue weighted by Crippen LogP contribution is -1.97. The molecule has 84 valence electrons. The smallest absolute Gasteiger partial charge is 0.137 e. The second kappa shape index (κ2) is 4.65. The summed E-state index contributed by atoms with van der Waals surface area (Å²) in [5, 5.41) is 10.0. The Labute approximate surface area is 106 Å². The Balaban J connectivity index is 2.33.